The fraction of sp³-hybridized carbons (Fsp3) is 0.172. The molecule has 2 N–H and O–H groups in total. The molecule has 1 atom stereocenters. The highest BCUT2D eigenvalue weighted by Crippen LogP contribution is 2.30. The van der Waals surface area contributed by atoms with Crippen molar-refractivity contribution >= 4 is 28.9 Å². The van der Waals surface area contributed by atoms with Crippen LogP contribution >= 0.6 is 11.6 Å². The number of benzene rings is 3. The molecule has 4 aromatic rings. The fourth-order valence-corrected chi connectivity index (χ4v) is 3.99. The summed E-state index contributed by atoms with van der Waals surface area (Å²) in [4.78, 5) is 17.7. The summed E-state index contributed by atoms with van der Waals surface area (Å²) in [7, 11) is 0. The van der Waals surface area contributed by atoms with E-state index >= 15 is 0 Å². The van der Waals surface area contributed by atoms with Crippen LogP contribution in [0.15, 0.2) is 91.1 Å². The van der Waals surface area contributed by atoms with Crippen molar-refractivity contribution in [2.45, 2.75) is 32.7 Å². The molecule has 4 nitrogen and oxygen atoms in total. The highest BCUT2D eigenvalue weighted by molar-refractivity contribution is 6.33. The van der Waals surface area contributed by atoms with Gasteiger partial charge in [0, 0.05) is 29.7 Å². The van der Waals surface area contributed by atoms with E-state index in [0.29, 0.717) is 28.7 Å². The quantitative estimate of drug-likeness (QED) is 0.277. The summed E-state index contributed by atoms with van der Waals surface area (Å²) in [5.74, 6) is 0.315. The van der Waals surface area contributed by atoms with Gasteiger partial charge >= 0.3 is 0 Å². The Labute approximate surface area is 206 Å². The number of nitrogens with one attached hydrogen (secondary N) is 2. The van der Waals surface area contributed by atoms with Crippen molar-refractivity contribution in [1.82, 2.24) is 4.98 Å². The maximum atomic E-state index is 13.2. The van der Waals surface area contributed by atoms with Crippen LogP contribution < -0.4 is 10.6 Å². The first-order chi connectivity index (χ1) is 16.5. The van der Waals surface area contributed by atoms with Gasteiger partial charge in [0.05, 0.1) is 16.3 Å². The number of carbonyl (C=O) groups is 1. The minimum Gasteiger partial charge on any atom is -0.380 e. The van der Waals surface area contributed by atoms with Gasteiger partial charge in [-0.1, -0.05) is 74.0 Å². The van der Waals surface area contributed by atoms with Crippen molar-refractivity contribution in [2.24, 2.45) is 0 Å². The Morgan fingerprint density at radius 3 is 2.44 bits per heavy atom. The van der Waals surface area contributed by atoms with Crippen molar-refractivity contribution in [3.63, 3.8) is 0 Å². The highest BCUT2D eigenvalue weighted by Gasteiger charge is 2.15. The number of hydrogen-bond acceptors (Lipinski definition) is 3. The molecule has 0 saturated carbocycles. The van der Waals surface area contributed by atoms with E-state index in [9.17, 15) is 4.79 Å². The monoisotopic (exact) mass is 469 g/mol. The number of nitrogens with zero attached hydrogens (tertiary/aromatic N) is 1. The first kappa shape index (κ1) is 23.5. The molecule has 0 radical (unpaired) electrons. The van der Waals surface area contributed by atoms with Crippen LogP contribution in [0.1, 0.15) is 47.7 Å². The molecule has 1 heterocycles. The second-order valence-electron chi connectivity index (χ2n) is 8.32. The van der Waals surface area contributed by atoms with Gasteiger partial charge in [-0.05, 0) is 59.9 Å². The minimum absolute atomic E-state index is 0.175. The van der Waals surface area contributed by atoms with Crippen LogP contribution in [0.2, 0.25) is 5.02 Å². The Morgan fingerprint density at radius 2 is 1.74 bits per heavy atom. The SMILES string of the molecule is CCC(C)c1ccc(NC(=O)c2ccc(-c3ncccc3Cl)cc2NCc2ccccc2)cc1. The van der Waals surface area contributed by atoms with E-state index in [0.717, 1.165) is 28.9 Å². The summed E-state index contributed by atoms with van der Waals surface area (Å²) in [6.45, 7) is 4.96. The first-order valence-corrected chi connectivity index (χ1v) is 11.9. The van der Waals surface area contributed by atoms with Crippen molar-refractivity contribution in [1.29, 1.82) is 0 Å². The number of halogens is 1. The molecule has 0 bridgehead atoms. The number of aromatic nitrogens is 1. The third kappa shape index (κ3) is 5.64. The predicted octanol–water partition coefficient (Wildman–Crippen LogP) is 7.78. The molecule has 172 valence electrons. The fourth-order valence-electron chi connectivity index (χ4n) is 3.76. The summed E-state index contributed by atoms with van der Waals surface area (Å²) < 4.78 is 0. The normalized spacial score (nSPS) is 11.6. The van der Waals surface area contributed by atoms with E-state index in [1.54, 1.807) is 12.3 Å². The Balaban J connectivity index is 1.61. The van der Waals surface area contributed by atoms with E-state index < -0.39 is 0 Å². The number of amides is 1. The summed E-state index contributed by atoms with van der Waals surface area (Å²) in [6, 6.07) is 27.4. The van der Waals surface area contributed by atoms with Crippen LogP contribution in [0.4, 0.5) is 11.4 Å². The second kappa shape index (κ2) is 11.0. The lowest BCUT2D eigenvalue weighted by Gasteiger charge is -2.15. The summed E-state index contributed by atoms with van der Waals surface area (Å²) in [5.41, 5.74) is 5.95. The molecule has 1 unspecified atom stereocenters. The molecular formula is C29H28ClN3O. The Hall–Kier alpha value is -3.63. The molecule has 0 spiro atoms. The van der Waals surface area contributed by atoms with E-state index in [-0.39, 0.29) is 5.91 Å². The van der Waals surface area contributed by atoms with Crippen molar-refractivity contribution in [3.8, 4) is 11.3 Å². The smallest absolute Gasteiger partial charge is 0.257 e. The zero-order chi connectivity index (χ0) is 23.9. The van der Waals surface area contributed by atoms with Crippen LogP contribution in [0, 0.1) is 0 Å². The van der Waals surface area contributed by atoms with Gasteiger partial charge in [-0.15, -0.1) is 0 Å². The predicted molar refractivity (Wildman–Crippen MR) is 142 cm³/mol. The van der Waals surface area contributed by atoms with Gasteiger partial charge in [-0.2, -0.15) is 0 Å². The second-order valence-corrected chi connectivity index (χ2v) is 8.73. The molecule has 0 aliphatic rings. The van der Waals surface area contributed by atoms with Crippen LogP contribution in [-0.2, 0) is 6.54 Å². The van der Waals surface area contributed by atoms with E-state index in [1.807, 2.05) is 66.7 Å². The Kier molecular flexibility index (Phi) is 7.61. The van der Waals surface area contributed by atoms with Crippen molar-refractivity contribution < 1.29 is 4.79 Å². The summed E-state index contributed by atoms with van der Waals surface area (Å²) >= 11 is 6.38. The maximum Gasteiger partial charge on any atom is 0.257 e. The molecule has 1 aromatic heterocycles. The third-order valence-electron chi connectivity index (χ3n) is 5.97. The standard InChI is InChI=1S/C29H28ClN3O/c1-3-20(2)22-11-14-24(15-12-22)33-29(34)25-16-13-23(28-26(30)10-7-17-31-28)18-27(25)32-19-21-8-5-4-6-9-21/h4-18,20,32H,3,19H2,1-2H3,(H,33,34). The Bertz CT molecular complexity index is 1260. The highest BCUT2D eigenvalue weighted by atomic mass is 35.5. The largest absolute Gasteiger partial charge is 0.380 e. The van der Waals surface area contributed by atoms with E-state index in [4.69, 9.17) is 11.6 Å². The average Bonchev–Trinajstić information content (AvgIpc) is 2.88. The maximum absolute atomic E-state index is 13.2. The lowest BCUT2D eigenvalue weighted by Crippen LogP contribution is -2.15. The van der Waals surface area contributed by atoms with Crippen LogP contribution in [0.5, 0.6) is 0 Å². The van der Waals surface area contributed by atoms with E-state index in [1.165, 1.54) is 5.56 Å². The van der Waals surface area contributed by atoms with Gasteiger partial charge in [0.15, 0.2) is 0 Å². The molecule has 0 aliphatic heterocycles. The van der Waals surface area contributed by atoms with Gasteiger partial charge in [0.1, 0.15) is 0 Å². The summed E-state index contributed by atoms with van der Waals surface area (Å²) in [6.07, 6.45) is 2.79. The first-order valence-electron chi connectivity index (χ1n) is 11.5. The number of anilines is 2. The van der Waals surface area contributed by atoms with Gasteiger partial charge in [0.25, 0.3) is 5.91 Å². The molecular weight excluding hydrogens is 442 g/mol. The zero-order valence-electron chi connectivity index (χ0n) is 19.4. The molecule has 34 heavy (non-hydrogen) atoms. The number of carbonyl (C=O) groups excluding carboxylic acids is 1. The van der Waals surface area contributed by atoms with Crippen molar-refractivity contribution in [3.05, 3.63) is 113 Å². The van der Waals surface area contributed by atoms with Crippen LogP contribution in [-0.4, -0.2) is 10.9 Å². The molecule has 1 amide bonds. The van der Waals surface area contributed by atoms with Gasteiger partial charge in [-0.25, -0.2) is 0 Å². The number of rotatable bonds is 8. The summed E-state index contributed by atoms with van der Waals surface area (Å²) in [5, 5.41) is 7.02. The van der Waals surface area contributed by atoms with Crippen LogP contribution in [0.25, 0.3) is 11.3 Å². The third-order valence-corrected chi connectivity index (χ3v) is 6.28. The van der Waals surface area contributed by atoms with Gasteiger partial charge in [0.2, 0.25) is 0 Å². The number of hydrogen-bond donors (Lipinski definition) is 2. The molecule has 0 aliphatic carbocycles. The topological polar surface area (TPSA) is 54.0 Å². The lowest BCUT2D eigenvalue weighted by molar-refractivity contribution is 0.102. The molecule has 4 rings (SSSR count). The zero-order valence-corrected chi connectivity index (χ0v) is 20.1. The van der Waals surface area contributed by atoms with E-state index in [2.05, 4.69) is 41.6 Å². The molecule has 3 aromatic carbocycles. The van der Waals surface area contributed by atoms with Gasteiger partial charge in [-0.3, -0.25) is 9.78 Å². The Morgan fingerprint density at radius 1 is 0.971 bits per heavy atom. The minimum atomic E-state index is -0.175. The van der Waals surface area contributed by atoms with Crippen LogP contribution in [0.3, 0.4) is 0 Å². The molecule has 0 fully saturated rings. The lowest BCUT2D eigenvalue weighted by atomic mass is 9.98. The van der Waals surface area contributed by atoms with Crippen molar-refractivity contribution in [2.75, 3.05) is 10.6 Å². The molecule has 0 saturated heterocycles. The van der Waals surface area contributed by atoms with Gasteiger partial charge < -0.3 is 10.6 Å². The molecule has 5 heteroatoms. The number of pyridine rings is 1. The average molecular weight is 470 g/mol.